The van der Waals surface area contributed by atoms with Crippen LogP contribution in [0.1, 0.15) is 17.4 Å². The molecule has 0 spiro atoms. The van der Waals surface area contributed by atoms with Gasteiger partial charge in [0, 0.05) is 13.7 Å². The summed E-state index contributed by atoms with van der Waals surface area (Å²) in [7, 11) is 2.97. The van der Waals surface area contributed by atoms with Gasteiger partial charge >= 0.3 is 0 Å². The van der Waals surface area contributed by atoms with Crippen molar-refractivity contribution in [2.75, 3.05) is 27.4 Å². The number of ketones is 1. The number of hydrogen-bond donors (Lipinski definition) is 1. The van der Waals surface area contributed by atoms with Crippen molar-refractivity contribution in [3.63, 3.8) is 0 Å². The second kappa shape index (κ2) is 7.45. The maximum atomic E-state index is 12.7. The second-order valence-corrected chi connectivity index (χ2v) is 5.70. The average Bonchev–Trinajstić information content (AvgIpc) is 3.27. The fraction of sp³-hybridized carbons (Fsp3) is 0.263. The lowest BCUT2D eigenvalue weighted by atomic mass is 9.99. The number of amides is 1. The first-order chi connectivity index (χ1) is 12.6. The topological polar surface area (TPSA) is 89.2 Å². The predicted octanol–water partition coefficient (Wildman–Crippen LogP) is 2.36. The van der Waals surface area contributed by atoms with E-state index in [2.05, 4.69) is 0 Å². The molecule has 1 aromatic carbocycles. The van der Waals surface area contributed by atoms with Gasteiger partial charge < -0.3 is 23.9 Å². The summed E-state index contributed by atoms with van der Waals surface area (Å²) in [4.78, 5) is 26.5. The molecule has 1 aliphatic rings. The third-order valence-electron chi connectivity index (χ3n) is 4.25. The maximum Gasteiger partial charge on any atom is 0.295 e. The first-order valence-electron chi connectivity index (χ1n) is 8.04. The minimum Gasteiger partial charge on any atom is -0.507 e. The minimum absolute atomic E-state index is 0.0365. The number of aliphatic hydroxyl groups is 1. The molecule has 0 saturated carbocycles. The van der Waals surface area contributed by atoms with Crippen molar-refractivity contribution in [3.8, 4) is 5.75 Å². The van der Waals surface area contributed by atoms with Crippen molar-refractivity contribution in [2.24, 2.45) is 0 Å². The Labute approximate surface area is 150 Å². The van der Waals surface area contributed by atoms with E-state index in [0.29, 0.717) is 17.1 Å². The summed E-state index contributed by atoms with van der Waals surface area (Å²) in [5, 5.41) is 10.9. The summed E-state index contributed by atoms with van der Waals surface area (Å²) in [5.41, 5.74) is 0.293. The smallest absolute Gasteiger partial charge is 0.295 e. The first kappa shape index (κ1) is 17.8. The highest BCUT2D eigenvalue weighted by molar-refractivity contribution is 6.46. The van der Waals surface area contributed by atoms with Crippen molar-refractivity contribution in [1.29, 1.82) is 0 Å². The molecule has 136 valence electrons. The van der Waals surface area contributed by atoms with Crippen molar-refractivity contribution in [3.05, 3.63) is 59.6 Å². The summed E-state index contributed by atoms with van der Waals surface area (Å²) in [5.74, 6) is -1.00. The van der Waals surface area contributed by atoms with Gasteiger partial charge in [-0.2, -0.15) is 0 Å². The Morgan fingerprint density at radius 3 is 2.62 bits per heavy atom. The monoisotopic (exact) mass is 357 g/mol. The molecule has 2 heterocycles. The van der Waals surface area contributed by atoms with Gasteiger partial charge in [0.15, 0.2) is 0 Å². The van der Waals surface area contributed by atoms with Gasteiger partial charge in [0.1, 0.15) is 23.3 Å². The first-order valence-corrected chi connectivity index (χ1v) is 8.04. The summed E-state index contributed by atoms with van der Waals surface area (Å²) in [6.07, 6.45) is 1.45. The van der Waals surface area contributed by atoms with E-state index >= 15 is 0 Å². The molecule has 1 fully saturated rings. The molecule has 26 heavy (non-hydrogen) atoms. The molecule has 1 saturated heterocycles. The number of nitrogens with zero attached hydrogens (tertiary/aromatic N) is 1. The van der Waals surface area contributed by atoms with Crippen LogP contribution in [0, 0.1) is 0 Å². The van der Waals surface area contributed by atoms with E-state index in [1.54, 1.807) is 36.4 Å². The van der Waals surface area contributed by atoms with Gasteiger partial charge in [-0.15, -0.1) is 0 Å². The molecule has 1 N–H and O–H groups in total. The van der Waals surface area contributed by atoms with E-state index < -0.39 is 17.7 Å². The summed E-state index contributed by atoms with van der Waals surface area (Å²) in [6.45, 7) is 0.439. The molecule has 3 rings (SSSR count). The van der Waals surface area contributed by atoms with Crippen LogP contribution in [0.3, 0.4) is 0 Å². The SMILES string of the molecule is COCCN1C(=O)C(=O)/C(=C(\O)c2ccccc2OC)C1c1ccco1. The van der Waals surface area contributed by atoms with E-state index in [-0.39, 0.29) is 24.5 Å². The van der Waals surface area contributed by atoms with Gasteiger partial charge in [0.2, 0.25) is 0 Å². The van der Waals surface area contributed by atoms with Crippen LogP contribution in [0.2, 0.25) is 0 Å². The lowest BCUT2D eigenvalue weighted by Gasteiger charge is -2.22. The Balaban J connectivity index is 2.16. The number of carbonyl (C=O) groups is 2. The lowest BCUT2D eigenvalue weighted by molar-refractivity contribution is -0.140. The Morgan fingerprint density at radius 2 is 1.96 bits per heavy atom. The van der Waals surface area contributed by atoms with Crippen molar-refractivity contribution >= 4 is 17.4 Å². The molecular formula is C19H19NO6. The molecule has 2 aromatic rings. The van der Waals surface area contributed by atoms with Gasteiger partial charge in [-0.05, 0) is 24.3 Å². The van der Waals surface area contributed by atoms with Gasteiger partial charge in [-0.3, -0.25) is 9.59 Å². The van der Waals surface area contributed by atoms with Crippen LogP contribution < -0.4 is 4.74 Å². The lowest BCUT2D eigenvalue weighted by Crippen LogP contribution is -2.32. The summed E-state index contributed by atoms with van der Waals surface area (Å²) >= 11 is 0. The summed E-state index contributed by atoms with van der Waals surface area (Å²) in [6, 6.07) is 9.23. The molecule has 1 aliphatic heterocycles. The van der Waals surface area contributed by atoms with Crippen LogP contribution in [0.5, 0.6) is 5.75 Å². The molecule has 0 bridgehead atoms. The molecule has 1 unspecified atom stereocenters. The van der Waals surface area contributed by atoms with Crippen molar-refractivity contribution in [1.82, 2.24) is 4.90 Å². The summed E-state index contributed by atoms with van der Waals surface area (Å²) < 4.78 is 15.7. The number of para-hydroxylation sites is 1. The normalized spacial score (nSPS) is 19.2. The number of hydrogen-bond acceptors (Lipinski definition) is 6. The van der Waals surface area contributed by atoms with E-state index in [9.17, 15) is 14.7 Å². The zero-order valence-corrected chi connectivity index (χ0v) is 14.5. The fourth-order valence-corrected chi connectivity index (χ4v) is 3.03. The van der Waals surface area contributed by atoms with Crippen LogP contribution in [-0.4, -0.2) is 49.1 Å². The average molecular weight is 357 g/mol. The molecule has 7 heteroatoms. The van der Waals surface area contributed by atoms with Crippen LogP contribution >= 0.6 is 0 Å². The highest BCUT2D eigenvalue weighted by Gasteiger charge is 2.47. The minimum atomic E-state index is -0.829. The van der Waals surface area contributed by atoms with Gasteiger partial charge in [0.25, 0.3) is 11.7 Å². The molecule has 0 aliphatic carbocycles. The number of Topliss-reactive ketones (excluding diaryl/α,β-unsaturated/α-hetero) is 1. The number of furan rings is 1. The number of benzene rings is 1. The van der Waals surface area contributed by atoms with Crippen molar-refractivity contribution in [2.45, 2.75) is 6.04 Å². The van der Waals surface area contributed by atoms with Crippen LogP contribution in [-0.2, 0) is 14.3 Å². The van der Waals surface area contributed by atoms with Gasteiger partial charge in [-0.25, -0.2) is 0 Å². The van der Waals surface area contributed by atoms with Gasteiger partial charge in [-0.1, -0.05) is 12.1 Å². The molecule has 0 radical (unpaired) electrons. The molecular weight excluding hydrogens is 338 g/mol. The van der Waals surface area contributed by atoms with Crippen LogP contribution in [0.4, 0.5) is 0 Å². The quantitative estimate of drug-likeness (QED) is 0.485. The zero-order chi connectivity index (χ0) is 18.7. The second-order valence-electron chi connectivity index (χ2n) is 5.70. The van der Waals surface area contributed by atoms with Crippen LogP contribution in [0.25, 0.3) is 5.76 Å². The Morgan fingerprint density at radius 1 is 1.19 bits per heavy atom. The van der Waals surface area contributed by atoms with E-state index in [4.69, 9.17) is 13.9 Å². The predicted molar refractivity (Wildman–Crippen MR) is 92.6 cm³/mol. The number of ether oxygens (including phenoxy) is 2. The molecule has 7 nitrogen and oxygen atoms in total. The molecule has 1 atom stereocenters. The molecule has 1 aromatic heterocycles. The third-order valence-corrected chi connectivity index (χ3v) is 4.25. The Hall–Kier alpha value is -3.06. The number of aliphatic hydroxyl groups excluding tert-OH is 1. The fourth-order valence-electron chi connectivity index (χ4n) is 3.03. The van der Waals surface area contributed by atoms with E-state index in [1.807, 2.05) is 0 Å². The van der Waals surface area contributed by atoms with Gasteiger partial charge in [0.05, 0.1) is 31.1 Å². The van der Waals surface area contributed by atoms with E-state index in [0.717, 1.165) is 0 Å². The highest BCUT2D eigenvalue weighted by Crippen LogP contribution is 2.40. The van der Waals surface area contributed by atoms with Crippen molar-refractivity contribution < 1.29 is 28.6 Å². The molecule has 1 amide bonds. The standard InChI is InChI=1S/C19H19NO6/c1-24-11-9-20-16(14-8-5-10-26-14)15(18(22)19(20)23)17(21)12-6-3-4-7-13(12)25-2/h3-8,10,16,21H,9,11H2,1-2H3/b17-15-. The Bertz CT molecular complexity index is 839. The van der Waals surface area contributed by atoms with Crippen LogP contribution in [0.15, 0.2) is 52.7 Å². The number of rotatable bonds is 6. The van der Waals surface area contributed by atoms with E-state index in [1.165, 1.54) is 25.4 Å². The zero-order valence-electron chi connectivity index (χ0n) is 14.5. The number of likely N-dealkylation sites (tertiary alicyclic amines) is 1. The maximum absolute atomic E-state index is 12.7. The third kappa shape index (κ3) is 2.97. The Kier molecular flexibility index (Phi) is 5.09. The number of carbonyl (C=O) groups excluding carboxylic acids is 2. The highest BCUT2D eigenvalue weighted by atomic mass is 16.5. The largest absolute Gasteiger partial charge is 0.507 e. The number of methoxy groups -OCH3 is 2.